The van der Waals surface area contributed by atoms with Gasteiger partial charge in [0.2, 0.25) is 10.0 Å². The van der Waals surface area contributed by atoms with Crippen molar-refractivity contribution in [2.45, 2.75) is 37.1 Å². The molecule has 3 unspecified atom stereocenters. The standard InChI is InChI=1S/C14H17N3O2S/c15-9-10-5-7-11(8-6-10)16-14-12-3-1-2-4-13(12)20(18,19)17-14/h5-8,12-14,16-17H,1-4H2. The van der Waals surface area contributed by atoms with Crippen molar-refractivity contribution in [3.8, 4) is 6.07 Å². The molecule has 0 aromatic heterocycles. The van der Waals surface area contributed by atoms with E-state index < -0.39 is 10.0 Å². The fraction of sp³-hybridized carbons (Fsp3) is 0.500. The summed E-state index contributed by atoms with van der Waals surface area (Å²) < 4.78 is 27.0. The molecule has 2 N–H and O–H groups in total. The predicted molar refractivity (Wildman–Crippen MR) is 76.4 cm³/mol. The number of hydrogen-bond donors (Lipinski definition) is 2. The van der Waals surface area contributed by atoms with E-state index in [1.165, 1.54) is 0 Å². The molecule has 2 aliphatic rings. The summed E-state index contributed by atoms with van der Waals surface area (Å²) in [7, 11) is -3.19. The van der Waals surface area contributed by atoms with Crippen molar-refractivity contribution >= 4 is 15.7 Å². The maximum absolute atomic E-state index is 12.1. The second-order valence-corrected chi connectivity index (χ2v) is 7.39. The first kappa shape index (κ1) is 13.4. The average Bonchev–Trinajstić information content (AvgIpc) is 2.72. The molecular formula is C14H17N3O2S. The highest BCUT2D eigenvalue weighted by Crippen LogP contribution is 2.36. The van der Waals surface area contributed by atoms with Crippen molar-refractivity contribution in [1.82, 2.24) is 4.72 Å². The first-order valence-corrected chi connectivity index (χ1v) is 8.42. The average molecular weight is 291 g/mol. The highest BCUT2D eigenvalue weighted by atomic mass is 32.2. The van der Waals surface area contributed by atoms with Gasteiger partial charge in [0.15, 0.2) is 0 Å². The maximum Gasteiger partial charge on any atom is 0.216 e. The molecule has 1 heterocycles. The Bertz CT molecular complexity index is 633. The lowest BCUT2D eigenvalue weighted by Crippen LogP contribution is -2.37. The van der Waals surface area contributed by atoms with Crippen molar-refractivity contribution in [3.05, 3.63) is 29.8 Å². The fourth-order valence-electron chi connectivity index (χ4n) is 3.20. The summed E-state index contributed by atoms with van der Waals surface area (Å²) in [6.07, 6.45) is 3.53. The van der Waals surface area contributed by atoms with Crippen molar-refractivity contribution in [2.24, 2.45) is 5.92 Å². The van der Waals surface area contributed by atoms with Gasteiger partial charge in [-0.1, -0.05) is 12.8 Å². The molecule has 1 saturated carbocycles. The van der Waals surface area contributed by atoms with Crippen LogP contribution in [0.2, 0.25) is 0 Å². The van der Waals surface area contributed by atoms with Gasteiger partial charge in [0.25, 0.3) is 0 Å². The summed E-state index contributed by atoms with van der Waals surface area (Å²) in [4.78, 5) is 0. The number of nitrogens with one attached hydrogen (secondary N) is 2. The van der Waals surface area contributed by atoms with Crippen LogP contribution in [-0.4, -0.2) is 19.8 Å². The lowest BCUT2D eigenvalue weighted by molar-refractivity contribution is 0.342. The van der Waals surface area contributed by atoms with Crippen LogP contribution in [-0.2, 0) is 10.0 Å². The van der Waals surface area contributed by atoms with Gasteiger partial charge >= 0.3 is 0 Å². The predicted octanol–water partition coefficient (Wildman–Crippen LogP) is 1.79. The lowest BCUT2D eigenvalue weighted by atomic mass is 9.86. The van der Waals surface area contributed by atoms with Crippen LogP contribution in [0, 0.1) is 17.2 Å². The zero-order chi connectivity index (χ0) is 14.2. The second-order valence-electron chi connectivity index (χ2n) is 5.46. The molecule has 3 atom stereocenters. The minimum absolute atomic E-state index is 0.129. The van der Waals surface area contributed by atoms with Gasteiger partial charge < -0.3 is 5.32 Å². The van der Waals surface area contributed by atoms with E-state index in [0.29, 0.717) is 5.56 Å². The molecule has 0 bridgehead atoms. The maximum atomic E-state index is 12.1. The molecule has 1 aromatic carbocycles. The molecule has 6 heteroatoms. The Morgan fingerprint density at radius 3 is 2.60 bits per heavy atom. The van der Waals surface area contributed by atoms with Crippen LogP contribution >= 0.6 is 0 Å². The molecule has 1 aliphatic heterocycles. The third kappa shape index (κ3) is 2.39. The van der Waals surface area contributed by atoms with E-state index in [9.17, 15) is 8.42 Å². The molecule has 3 rings (SSSR count). The van der Waals surface area contributed by atoms with Gasteiger partial charge in [0.1, 0.15) is 0 Å². The number of sulfonamides is 1. The molecule has 0 amide bonds. The van der Waals surface area contributed by atoms with Crippen LogP contribution in [0.4, 0.5) is 5.69 Å². The number of hydrogen-bond acceptors (Lipinski definition) is 4. The van der Waals surface area contributed by atoms with Crippen molar-refractivity contribution in [3.63, 3.8) is 0 Å². The van der Waals surface area contributed by atoms with Crippen LogP contribution in [0.25, 0.3) is 0 Å². The van der Waals surface area contributed by atoms with Crippen LogP contribution in [0.1, 0.15) is 31.2 Å². The van der Waals surface area contributed by atoms with E-state index in [0.717, 1.165) is 31.4 Å². The van der Waals surface area contributed by atoms with Gasteiger partial charge in [-0.3, -0.25) is 0 Å². The number of fused-ring (bicyclic) bond motifs is 1. The minimum Gasteiger partial charge on any atom is -0.369 e. The van der Waals surface area contributed by atoms with Crippen LogP contribution < -0.4 is 10.0 Å². The Labute approximate surface area is 119 Å². The summed E-state index contributed by atoms with van der Waals surface area (Å²) in [6, 6.07) is 9.14. The highest BCUT2D eigenvalue weighted by molar-refractivity contribution is 7.90. The molecule has 1 aromatic rings. The van der Waals surface area contributed by atoms with Gasteiger partial charge in [-0.2, -0.15) is 9.98 Å². The Morgan fingerprint density at radius 2 is 1.90 bits per heavy atom. The van der Waals surface area contributed by atoms with Gasteiger partial charge in [-0.15, -0.1) is 0 Å². The SMILES string of the molecule is N#Cc1ccc(NC2NS(=O)(=O)C3CCCCC23)cc1. The second kappa shape index (κ2) is 5.08. The third-order valence-electron chi connectivity index (χ3n) is 4.21. The van der Waals surface area contributed by atoms with Crippen LogP contribution in [0.15, 0.2) is 24.3 Å². The highest BCUT2D eigenvalue weighted by Gasteiger charge is 2.47. The molecule has 2 fully saturated rings. The molecule has 20 heavy (non-hydrogen) atoms. The molecule has 1 aliphatic carbocycles. The molecule has 1 saturated heterocycles. The van der Waals surface area contributed by atoms with Gasteiger partial charge in [-0.05, 0) is 37.1 Å². The van der Waals surface area contributed by atoms with E-state index >= 15 is 0 Å². The van der Waals surface area contributed by atoms with E-state index in [1.807, 2.05) is 12.1 Å². The van der Waals surface area contributed by atoms with E-state index in [2.05, 4.69) is 16.1 Å². The Kier molecular flexibility index (Phi) is 3.40. The van der Waals surface area contributed by atoms with E-state index in [-0.39, 0.29) is 17.3 Å². The van der Waals surface area contributed by atoms with Crippen molar-refractivity contribution in [1.29, 1.82) is 5.26 Å². The number of anilines is 1. The molecule has 0 radical (unpaired) electrons. The molecular weight excluding hydrogens is 274 g/mol. The summed E-state index contributed by atoms with van der Waals surface area (Å²) in [5.41, 5.74) is 1.43. The topological polar surface area (TPSA) is 82.0 Å². The normalized spacial score (nSPS) is 31.2. The number of benzene rings is 1. The molecule has 106 valence electrons. The number of nitrogens with zero attached hydrogens (tertiary/aromatic N) is 1. The van der Waals surface area contributed by atoms with E-state index in [4.69, 9.17) is 5.26 Å². The summed E-state index contributed by atoms with van der Waals surface area (Å²) in [5.74, 6) is 0.129. The summed E-state index contributed by atoms with van der Waals surface area (Å²) in [6.45, 7) is 0. The number of nitriles is 1. The quantitative estimate of drug-likeness (QED) is 0.870. The fourth-order valence-corrected chi connectivity index (χ4v) is 5.19. The smallest absolute Gasteiger partial charge is 0.216 e. The summed E-state index contributed by atoms with van der Waals surface area (Å²) >= 11 is 0. The first-order valence-electron chi connectivity index (χ1n) is 6.88. The van der Waals surface area contributed by atoms with Gasteiger partial charge in [0, 0.05) is 11.6 Å². The number of rotatable bonds is 2. The zero-order valence-corrected chi connectivity index (χ0v) is 11.9. The van der Waals surface area contributed by atoms with Gasteiger partial charge in [0.05, 0.1) is 23.0 Å². The largest absolute Gasteiger partial charge is 0.369 e. The molecule has 0 spiro atoms. The lowest BCUT2D eigenvalue weighted by Gasteiger charge is -2.27. The van der Waals surface area contributed by atoms with Crippen molar-refractivity contribution < 1.29 is 8.42 Å². The van der Waals surface area contributed by atoms with E-state index in [1.54, 1.807) is 12.1 Å². The monoisotopic (exact) mass is 291 g/mol. The molecule has 5 nitrogen and oxygen atoms in total. The Balaban J connectivity index is 1.78. The van der Waals surface area contributed by atoms with Crippen LogP contribution in [0.5, 0.6) is 0 Å². The van der Waals surface area contributed by atoms with Gasteiger partial charge in [-0.25, -0.2) is 8.42 Å². The zero-order valence-electron chi connectivity index (χ0n) is 11.0. The van der Waals surface area contributed by atoms with Crippen molar-refractivity contribution in [2.75, 3.05) is 5.32 Å². The first-order chi connectivity index (χ1) is 9.60. The Morgan fingerprint density at radius 1 is 1.20 bits per heavy atom. The third-order valence-corrected chi connectivity index (χ3v) is 6.17. The Hall–Kier alpha value is -1.58. The minimum atomic E-state index is -3.19. The summed E-state index contributed by atoms with van der Waals surface area (Å²) in [5, 5.41) is 11.8. The van der Waals surface area contributed by atoms with Crippen LogP contribution in [0.3, 0.4) is 0 Å².